The second-order valence-electron chi connectivity index (χ2n) is 6.48. The van der Waals surface area contributed by atoms with Gasteiger partial charge < -0.3 is 15.3 Å². The largest absolute Gasteiger partial charge is 0.481 e. The molecule has 2 N–H and O–H groups in total. The van der Waals surface area contributed by atoms with E-state index in [0.717, 1.165) is 38.9 Å². The van der Waals surface area contributed by atoms with Crippen LogP contribution in [0.2, 0.25) is 0 Å². The molecule has 1 aliphatic carbocycles. The van der Waals surface area contributed by atoms with Crippen LogP contribution in [0.5, 0.6) is 0 Å². The van der Waals surface area contributed by atoms with Gasteiger partial charge in [0.2, 0.25) is 5.91 Å². The topological polar surface area (TPSA) is 69.6 Å². The van der Waals surface area contributed by atoms with Crippen molar-refractivity contribution in [2.24, 2.45) is 23.7 Å². The number of piperidine rings is 1. The van der Waals surface area contributed by atoms with Crippen LogP contribution in [0.25, 0.3) is 0 Å². The predicted octanol–water partition coefficient (Wildman–Crippen LogP) is 1.19. The molecule has 0 bridgehead atoms. The van der Waals surface area contributed by atoms with Gasteiger partial charge in [-0.3, -0.25) is 9.59 Å². The summed E-state index contributed by atoms with van der Waals surface area (Å²) < 4.78 is 0. The highest BCUT2D eigenvalue weighted by molar-refractivity contribution is 5.85. The maximum absolute atomic E-state index is 12.7. The number of hydrogen-bond acceptors (Lipinski definition) is 3. The van der Waals surface area contributed by atoms with Gasteiger partial charge in [0.15, 0.2) is 0 Å². The smallest absolute Gasteiger partial charge is 0.307 e. The van der Waals surface area contributed by atoms with Crippen molar-refractivity contribution in [3.63, 3.8) is 0 Å². The molecule has 1 heterocycles. The molecule has 0 radical (unpaired) electrons. The number of likely N-dealkylation sites (tertiary alicyclic amines) is 1. The van der Waals surface area contributed by atoms with Gasteiger partial charge in [-0.15, -0.1) is 0 Å². The number of nitrogens with zero attached hydrogens (tertiary/aromatic N) is 1. The van der Waals surface area contributed by atoms with Crippen molar-refractivity contribution in [1.82, 2.24) is 10.2 Å². The standard InChI is InChI=1S/C15H26N2O3/c1-10-6-12(13(7-10)15(19)20)14(18)17-5-3-4-11(9-17)8-16-2/h10-13,16H,3-9H2,1-2H3,(H,19,20)/t10?,11?,12-,13+/m0/s1. The minimum atomic E-state index is -0.809. The Hall–Kier alpha value is -1.10. The zero-order chi connectivity index (χ0) is 14.7. The summed E-state index contributed by atoms with van der Waals surface area (Å²) in [7, 11) is 1.93. The van der Waals surface area contributed by atoms with Gasteiger partial charge in [-0.2, -0.15) is 0 Å². The van der Waals surface area contributed by atoms with E-state index < -0.39 is 11.9 Å². The molecule has 2 rings (SSSR count). The maximum Gasteiger partial charge on any atom is 0.307 e. The van der Waals surface area contributed by atoms with Gasteiger partial charge in [-0.1, -0.05) is 6.92 Å². The lowest BCUT2D eigenvalue weighted by atomic mass is 9.92. The first-order valence-corrected chi connectivity index (χ1v) is 7.69. The van der Waals surface area contributed by atoms with Crippen molar-refractivity contribution in [3.05, 3.63) is 0 Å². The zero-order valence-electron chi connectivity index (χ0n) is 12.5. The first kappa shape index (κ1) is 15.3. The fourth-order valence-electron chi connectivity index (χ4n) is 3.79. The second kappa shape index (κ2) is 6.57. The molecule has 4 atom stereocenters. The molecule has 2 fully saturated rings. The Morgan fingerprint density at radius 3 is 2.65 bits per heavy atom. The SMILES string of the molecule is CNCC1CCCN(C(=O)[C@H]2CC(C)C[C@H]2C(=O)O)C1. The van der Waals surface area contributed by atoms with Crippen LogP contribution in [0.4, 0.5) is 0 Å². The molecule has 2 aliphatic rings. The quantitative estimate of drug-likeness (QED) is 0.812. The second-order valence-corrected chi connectivity index (χ2v) is 6.48. The number of carboxylic acids is 1. The van der Waals surface area contributed by atoms with Crippen LogP contribution in [0.3, 0.4) is 0 Å². The average molecular weight is 282 g/mol. The maximum atomic E-state index is 12.7. The molecule has 1 saturated carbocycles. The summed E-state index contributed by atoms with van der Waals surface area (Å²) in [5, 5.41) is 12.5. The number of hydrogen-bond donors (Lipinski definition) is 2. The summed E-state index contributed by atoms with van der Waals surface area (Å²) in [6.07, 6.45) is 3.54. The van der Waals surface area contributed by atoms with Gasteiger partial charge >= 0.3 is 5.97 Å². The lowest BCUT2D eigenvalue weighted by molar-refractivity contribution is -0.149. The molecular formula is C15H26N2O3. The fraction of sp³-hybridized carbons (Fsp3) is 0.867. The first-order valence-electron chi connectivity index (χ1n) is 7.69. The van der Waals surface area contributed by atoms with Gasteiger partial charge in [0.05, 0.1) is 11.8 Å². The van der Waals surface area contributed by atoms with Crippen LogP contribution in [0.1, 0.15) is 32.6 Å². The van der Waals surface area contributed by atoms with Gasteiger partial charge in [0, 0.05) is 13.1 Å². The molecule has 1 amide bonds. The molecule has 2 unspecified atom stereocenters. The monoisotopic (exact) mass is 282 g/mol. The van der Waals surface area contributed by atoms with Crippen molar-refractivity contribution in [2.75, 3.05) is 26.7 Å². The number of amides is 1. The van der Waals surface area contributed by atoms with Crippen molar-refractivity contribution in [1.29, 1.82) is 0 Å². The van der Waals surface area contributed by atoms with Crippen LogP contribution >= 0.6 is 0 Å². The van der Waals surface area contributed by atoms with Crippen LogP contribution in [0.15, 0.2) is 0 Å². The molecule has 0 spiro atoms. The van der Waals surface area contributed by atoms with Crippen molar-refractivity contribution in [3.8, 4) is 0 Å². The highest BCUT2D eigenvalue weighted by Gasteiger charge is 2.43. The van der Waals surface area contributed by atoms with E-state index in [1.807, 2.05) is 18.9 Å². The summed E-state index contributed by atoms with van der Waals surface area (Å²) in [4.78, 5) is 25.9. The summed E-state index contributed by atoms with van der Waals surface area (Å²) in [6, 6.07) is 0. The number of nitrogens with one attached hydrogen (secondary N) is 1. The van der Waals surface area contributed by atoms with Crippen LogP contribution in [-0.2, 0) is 9.59 Å². The predicted molar refractivity (Wildman–Crippen MR) is 76.2 cm³/mol. The van der Waals surface area contributed by atoms with Gasteiger partial charge in [0.25, 0.3) is 0 Å². The Balaban J connectivity index is 2.00. The lowest BCUT2D eigenvalue weighted by Gasteiger charge is -2.35. The van der Waals surface area contributed by atoms with Crippen molar-refractivity contribution in [2.45, 2.75) is 32.6 Å². The minimum absolute atomic E-state index is 0.0718. The molecular weight excluding hydrogens is 256 g/mol. The van der Waals surface area contributed by atoms with E-state index in [-0.39, 0.29) is 11.8 Å². The number of carbonyl (C=O) groups excluding carboxylic acids is 1. The van der Waals surface area contributed by atoms with E-state index in [4.69, 9.17) is 0 Å². The fourth-order valence-corrected chi connectivity index (χ4v) is 3.79. The molecule has 0 aromatic rings. The number of carbonyl (C=O) groups is 2. The van der Waals surface area contributed by atoms with E-state index >= 15 is 0 Å². The molecule has 1 aliphatic heterocycles. The molecule has 1 saturated heterocycles. The van der Waals surface area contributed by atoms with E-state index in [0.29, 0.717) is 18.3 Å². The van der Waals surface area contributed by atoms with Crippen LogP contribution in [0, 0.1) is 23.7 Å². The molecule has 5 nitrogen and oxygen atoms in total. The van der Waals surface area contributed by atoms with E-state index in [2.05, 4.69) is 5.32 Å². The Kier molecular flexibility index (Phi) is 5.02. The number of aliphatic carboxylic acids is 1. The Bertz CT molecular complexity index is 370. The first-order chi connectivity index (χ1) is 9.52. The number of rotatable bonds is 4. The van der Waals surface area contributed by atoms with Crippen molar-refractivity contribution >= 4 is 11.9 Å². The molecule has 0 aromatic carbocycles. The van der Waals surface area contributed by atoms with Crippen molar-refractivity contribution < 1.29 is 14.7 Å². The highest BCUT2D eigenvalue weighted by atomic mass is 16.4. The Labute approximate surface area is 120 Å². The highest BCUT2D eigenvalue weighted by Crippen LogP contribution is 2.38. The lowest BCUT2D eigenvalue weighted by Crippen LogP contribution is -2.46. The molecule has 0 aromatic heterocycles. The third kappa shape index (κ3) is 3.32. The van der Waals surface area contributed by atoms with Crippen LogP contribution in [-0.4, -0.2) is 48.6 Å². The normalized spacial score (nSPS) is 34.2. The van der Waals surface area contributed by atoms with E-state index in [1.165, 1.54) is 0 Å². The number of carboxylic acid groups (broad SMARTS) is 1. The molecule has 114 valence electrons. The summed E-state index contributed by atoms with van der Waals surface area (Å²) >= 11 is 0. The van der Waals surface area contributed by atoms with E-state index in [1.54, 1.807) is 0 Å². The minimum Gasteiger partial charge on any atom is -0.481 e. The third-order valence-electron chi connectivity index (χ3n) is 4.76. The summed E-state index contributed by atoms with van der Waals surface area (Å²) in [5.41, 5.74) is 0. The Morgan fingerprint density at radius 2 is 2.00 bits per heavy atom. The van der Waals surface area contributed by atoms with Crippen LogP contribution < -0.4 is 5.32 Å². The summed E-state index contributed by atoms with van der Waals surface area (Å²) in [6.45, 7) is 4.53. The van der Waals surface area contributed by atoms with Gasteiger partial charge in [-0.05, 0) is 51.1 Å². The van der Waals surface area contributed by atoms with E-state index in [9.17, 15) is 14.7 Å². The molecule has 20 heavy (non-hydrogen) atoms. The summed E-state index contributed by atoms with van der Waals surface area (Å²) in [5.74, 6) is -0.695. The average Bonchev–Trinajstić information content (AvgIpc) is 2.81. The zero-order valence-corrected chi connectivity index (χ0v) is 12.5. The molecule has 5 heteroatoms. The third-order valence-corrected chi connectivity index (χ3v) is 4.76. The van der Waals surface area contributed by atoms with Gasteiger partial charge in [-0.25, -0.2) is 0 Å². The Morgan fingerprint density at radius 1 is 1.30 bits per heavy atom. The van der Waals surface area contributed by atoms with Gasteiger partial charge in [0.1, 0.15) is 0 Å².